The average molecular weight is 410 g/mol. The van der Waals surface area contributed by atoms with Crippen LogP contribution >= 0.6 is 0 Å². The van der Waals surface area contributed by atoms with Gasteiger partial charge in [-0.25, -0.2) is 4.98 Å². The van der Waals surface area contributed by atoms with Gasteiger partial charge < -0.3 is 14.3 Å². The standard InChI is InChI=1S/C23H31N5O2/c29-23(27-13-3-1-2-4-14-27)18-10-7-15-28(16-18)21-19(11-6-12-24-21)20-25-22(30-26-20)17-8-5-9-17/h6,11-12,17-18H,1-5,7-10,13-16H2/t18-/m1/s1. The second kappa shape index (κ2) is 8.74. The number of rotatable bonds is 4. The summed E-state index contributed by atoms with van der Waals surface area (Å²) in [4.78, 5) is 26.9. The smallest absolute Gasteiger partial charge is 0.230 e. The molecule has 7 heteroatoms. The van der Waals surface area contributed by atoms with Crippen LogP contribution in [0.15, 0.2) is 22.9 Å². The molecule has 7 nitrogen and oxygen atoms in total. The van der Waals surface area contributed by atoms with E-state index in [0.29, 0.717) is 24.2 Å². The van der Waals surface area contributed by atoms with Crippen molar-refractivity contribution in [3.63, 3.8) is 0 Å². The molecule has 2 saturated heterocycles. The van der Waals surface area contributed by atoms with Gasteiger partial charge in [-0.05, 0) is 50.7 Å². The van der Waals surface area contributed by atoms with Gasteiger partial charge in [0.2, 0.25) is 17.6 Å². The Labute approximate surface area is 177 Å². The fourth-order valence-electron chi connectivity index (χ4n) is 4.91. The highest BCUT2D eigenvalue weighted by Gasteiger charge is 2.32. The van der Waals surface area contributed by atoms with Crippen molar-refractivity contribution in [1.29, 1.82) is 0 Å². The number of amides is 1. The van der Waals surface area contributed by atoms with Gasteiger partial charge in [-0.2, -0.15) is 4.98 Å². The van der Waals surface area contributed by atoms with E-state index in [1.54, 1.807) is 0 Å². The predicted molar refractivity (Wildman–Crippen MR) is 114 cm³/mol. The number of nitrogens with zero attached hydrogens (tertiary/aromatic N) is 5. The summed E-state index contributed by atoms with van der Waals surface area (Å²) in [7, 11) is 0. The lowest BCUT2D eigenvalue weighted by atomic mass is 9.85. The molecule has 5 rings (SSSR count). The minimum Gasteiger partial charge on any atom is -0.355 e. The Morgan fingerprint density at radius 3 is 2.60 bits per heavy atom. The third-order valence-corrected chi connectivity index (χ3v) is 6.91. The summed E-state index contributed by atoms with van der Waals surface area (Å²) in [6.07, 6.45) is 12.0. The normalized spacial score (nSPS) is 23.1. The molecule has 0 spiro atoms. The third-order valence-electron chi connectivity index (χ3n) is 6.91. The minimum absolute atomic E-state index is 0.0440. The summed E-state index contributed by atoms with van der Waals surface area (Å²) in [5.74, 6) is 3.01. The summed E-state index contributed by atoms with van der Waals surface area (Å²) < 4.78 is 5.55. The van der Waals surface area contributed by atoms with Crippen molar-refractivity contribution in [2.75, 3.05) is 31.1 Å². The van der Waals surface area contributed by atoms with E-state index in [-0.39, 0.29) is 5.92 Å². The molecule has 2 aliphatic heterocycles. The van der Waals surface area contributed by atoms with Gasteiger partial charge in [0.15, 0.2) is 0 Å². The highest BCUT2D eigenvalue weighted by molar-refractivity contribution is 5.80. The van der Waals surface area contributed by atoms with Gasteiger partial charge in [-0.1, -0.05) is 24.4 Å². The number of anilines is 1. The van der Waals surface area contributed by atoms with Gasteiger partial charge in [-0.15, -0.1) is 0 Å². The number of hydrogen-bond donors (Lipinski definition) is 0. The molecule has 1 amide bonds. The molecular weight excluding hydrogens is 378 g/mol. The van der Waals surface area contributed by atoms with Gasteiger partial charge in [0.25, 0.3) is 0 Å². The van der Waals surface area contributed by atoms with Gasteiger partial charge in [0.1, 0.15) is 5.82 Å². The first-order valence-electron chi connectivity index (χ1n) is 11.6. The molecule has 0 aromatic carbocycles. The number of carbonyl (C=O) groups excluding carboxylic acids is 1. The second-order valence-corrected chi connectivity index (χ2v) is 8.98. The van der Waals surface area contributed by atoms with E-state index in [9.17, 15) is 4.79 Å². The zero-order valence-electron chi connectivity index (χ0n) is 17.6. The molecule has 0 unspecified atom stereocenters. The third kappa shape index (κ3) is 3.94. The lowest BCUT2D eigenvalue weighted by Gasteiger charge is -2.36. The van der Waals surface area contributed by atoms with Gasteiger partial charge in [0.05, 0.1) is 11.5 Å². The molecule has 1 atom stereocenters. The second-order valence-electron chi connectivity index (χ2n) is 8.98. The Bertz CT molecular complexity index is 870. The van der Waals surface area contributed by atoms with Gasteiger partial charge in [-0.3, -0.25) is 4.79 Å². The minimum atomic E-state index is 0.0440. The maximum atomic E-state index is 13.2. The van der Waals surface area contributed by atoms with Gasteiger partial charge >= 0.3 is 0 Å². The summed E-state index contributed by atoms with van der Waals surface area (Å²) >= 11 is 0. The van der Waals surface area contributed by atoms with Crippen molar-refractivity contribution < 1.29 is 9.32 Å². The summed E-state index contributed by atoms with van der Waals surface area (Å²) in [5, 5.41) is 4.25. The van der Waals surface area contributed by atoms with Crippen molar-refractivity contribution >= 4 is 11.7 Å². The highest BCUT2D eigenvalue weighted by atomic mass is 16.5. The van der Waals surface area contributed by atoms with E-state index in [0.717, 1.165) is 75.4 Å². The Kier molecular flexibility index (Phi) is 5.69. The van der Waals surface area contributed by atoms with Crippen LogP contribution in [0.1, 0.15) is 69.6 Å². The Balaban J connectivity index is 1.34. The maximum absolute atomic E-state index is 13.2. The van der Waals surface area contributed by atoms with E-state index in [1.807, 2.05) is 18.3 Å². The van der Waals surface area contributed by atoms with Crippen molar-refractivity contribution in [3.8, 4) is 11.4 Å². The number of pyridine rings is 1. The van der Waals surface area contributed by atoms with E-state index < -0.39 is 0 Å². The summed E-state index contributed by atoms with van der Waals surface area (Å²) in [6, 6.07) is 3.93. The molecule has 1 saturated carbocycles. The molecule has 2 aromatic rings. The van der Waals surface area contributed by atoms with Crippen molar-refractivity contribution in [1.82, 2.24) is 20.0 Å². The van der Waals surface area contributed by atoms with Crippen molar-refractivity contribution in [2.45, 2.75) is 63.7 Å². The van der Waals surface area contributed by atoms with Crippen LogP contribution in [0.4, 0.5) is 5.82 Å². The fraction of sp³-hybridized carbons (Fsp3) is 0.652. The molecule has 4 heterocycles. The summed E-state index contributed by atoms with van der Waals surface area (Å²) in [5.41, 5.74) is 0.898. The number of hydrogen-bond acceptors (Lipinski definition) is 6. The van der Waals surface area contributed by atoms with E-state index in [4.69, 9.17) is 4.52 Å². The van der Waals surface area contributed by atoms with Gasteiger partial charge in [0, 0.05) is 38.3 Å². The Hall–Kier alpha value is -2.44. The molecule has 160 valence electrons. The molecule has 30 heavy (non-hydrogen) atoms. The van der Waals surface area contributed by atoms with Crippen LogP contribution in [0.5, 0.6) is 0 Å². The van der Waals surface area contributed by atoms with Crippen LogP contribution in [0.3, 0.4) is 0 Å². The largest absolute Gasteiger partial charge is 0.355 e. The Morgan fingerprint density at radius 2 is 1.83 bits per heavy atom. The number of piperidine rings is 1. The average Bonchev–Trinajstić information content (AvgIpc) is 3.05. The molecule has 1 aliphatic carbocycles. The van der Waals surface area contributed by atoms with Crippen LogP contribution in [0.25, 0.3) is 11.4 Å². The van der Waals surface area contributed by atoms with Crippen LogP contribution < -0.4 is 4.90 Å². The molecule has 2 aromatic heterocycles. The number of aromatic nitrogens is 3. The zero-order valence-corrected chi connectivity index (χ0v) is 17.6. The number of carbonyl (C=O) groups is 1. The fourth-order valence-corrected chi connectivity index (χ4v) is 4.91. The first-order chi connectivity index (χ1) is 14.8. The lowest BCUT2D eigenvalue weighted by molar-refractivity contribution is -0.135. The Morgan fingerprint density at radius 1 is 1.00 bits per heavy atom. The predicted octanol–water partition coefficient (Wildman–Crippen LogP) is 4.02. The first-order valence-corrected chi connectivity index (χ1v) is 11.6. The van der Waals surface area contributed by atoms with Crippen LogP contribution in [-0.4, -0.2) is 52.1 Å². The SMILES string of the molecule is O=C([C@@H]1CCCN(c2ncccc2-c2noc(C3CCC3)n2)C1)N1CCCCCC1. The van der Waals surface area contributed by atoms with Crippen LogP contribution in [0.2, 0.25) is 0 Å². The molecule has 3 fully saturated rings. The first kappa shape index (κ1) is 19.5. The monoisotopic (exact) mass is 409 g/mol. The molecule has 0 N–H and O–H groups in total. The molecule has 0 radical (unpaired) electrons. The van der Waals surface area contributed by atoms with Crippen molar-refractivity contribution in [2.24, 2.45) is 5.92 Å². The number of likely N-dealkylation sites (tertiary alicyclic amines) is 1. The molecular formula is C23H31N5O2. The lowest BCUT2D eigenvalue weighted by Crippen LogP contribution is -2.45. The topological polar surface area (TPSA) is 75.4 Å². The van der Waals surface area contributed by atoms with Crippen LogP contribution in [0, 0.1) is 5.92 Å². The van der Waals surface area contributed by atoms with E-state index in [1.165, 1.54) is 19.3 Å². The quantitative estimate of drug-likeness (QED) is 0.759. The van der Waals surface area contributed by atoms with E-state index in [2.05, 4.69) is 24.9 Å². The summed E-state index contributed by atoms with van der Waals surface area (Å²) in [6.45, 7) is 3.45. The molecule has 3 aliphatic rings. The van der Waals surface area contributed by atoms with E-state index >= 15 is 0 Å². The maximum Gasteiger partial charge on any atom is 0.230 e. The van der Waals surface area contributed by atoms with Crippen LogP contribution in [-0.2, 0) is 4.79 Å². The highest BCUT2D eigenvalue weighted by Crippen LogP contribution is 2.37. The van der Waals surface area contributed by atoms with Crippen molar-refractivity contribution in [3.05, 3.63) is 24.2 Å². The molecule has 0 bridgehead atoms. The zero-order chi connectivity index (χ0) is 20.3.